The molecular formula is C55H68FN5O12S. The number of nitrogens with one attached hydrogen (secondary N) is 1. The molecule has 1 aromatic heterocycles. The van der Waals surface area contributed by atoms with Gasteiger partial charge in [-0.1, -0.05) is 61.9 Å². The fourth-order valence-corrected chi connectivity index (χ4v) is 12.1. The van der Waals surface area contributed by atoms with Crippen molar-refractivity contribution in [3.8, 4) is 5.88 Å². The highest BCUT2D eigenvalue weighted by molar-refractivity contribution is 7.85. The van der Waals surface area contributed by atoms with Crippen molar-refractivity contribution in [2.24, 2.45) is 33.6 Å². The number of rotatable bonds is 10. The molecule has 0 radical (unpaired) electrons. The van der Waals surface area contributed by atoms with Gasteiger partial charge >= 0.3 is 5.97 Å². The zero-order valence-corrected chi connectivity index (χ0v) is 43.7. The minimum absolute atomic E-state index is 0.0424. The van der Waals surface area contributed by atoms with Crippen LogP contribution in [0.1, 0.15) is 74.9 Å². The number of aromatic nitrogens is 1. The maximum atomic E-state index is 16.9. The van der Waals surface area contributed by atoms with Gasteiger partial charge in [0.05, 0.1) is 48.0 Å². The van der Waals surface area contributed by atoms with E-state index in [1.54, 1.807) is 57.0 Å². The van der Waals surface area contributed by atoms with Crippen LogP contribution in [0.15, 0.2) is 102 Å². The smallest absolute Gasteiger partial charge is 0.337 e. The third-order valence-corrected chi connectivity index (χ3v) is 17.2. The number of alkyl halides is 1. The summed E-state index contributed by atoms with van der Waals surface area (Å²) in [6.45, 7) is 9.94. The molecule has 3 aromatic carbocycles. The number of amides is 1. The topological polar surface area (TPSA) is 251 Å². The van der Waals surface area contributed by atoms with Crippen molar-refractivity contribution < 1.29 is 61.7 Å². The van der Waals surface area contributed by atoms with Crippen LogP contribution >= 0.6 is 0 Å². The maximum Gasteiger partial charge on any atom is 0.337 e. The van der Waals surface area contributed by atoms with Crippen LogP contribution < -0.4 is 4.90 Å². The Balaban J connectivity index is 0.000000204. The number of aromatic hydroxyl groups is 1. The third kappa shape index (κ3) is 10.4. The number of allylic oxidation sites excluding steroid dienone is 4. The number of likely N-dealkylation sites (N-methyl/N-ethyl adjacent to an activating group) is 2. The minimum atomic E-state index is -3.66. The van der Waals surface area contributed by atoms with E-state index >= 15 is 4.39 Å². The molecule has 6 N–H and O–H groups in total. The highest BCUT2D eigenvalue weighted by Crippen LogP contribution is 2.70. The Hall–Kier alpha value is -5.93. The van der Waals surface area contributed by atoms with E-state index in [0.717, 1.165) is 42.8 Å². The number of carbonyl (C=O) groups excluding carboxylic acids is 4. The number of anilines is 1. The molecule has 0 spiro atoms. The highest BCUT2D eigenvalue weighted by Gasteiger charge is 2.75. The summed E-state index contributed by atoms with van der Waals surface area (Å²) in [6.07, 6.45) is 4.44. The number of ketones is 2. The summed E-state index contributed by atoms with van der Waals surface area (Å²) in [5.41, 5.74) is -0.829. The largest absolute Gasteiger partial charge is 0.494 e. The first-order valence-corrected chi connectivity index (χ1v) is 26.5. The predicted molar refractivity (Wildman–Crippen MR) is 279 cm³/mol. The minimum Gasteiger partial charge on any atom is -0.494 e. The van der Waals surface area contributed by atoms with Gasteiger partial charge in [-0.25, -0.2) is 14.2 Å². The number of fused-ring (bicyclic) bond motifs is 6. The molecule has 4 aromatic rings. The van der Waals surface area contributed by atoms with Gasteiger partial charge in [0.2, 0.25) is 5.91 Å². The van der Waals surface area contributed by atoms with Crippen molar-refractivity contribution in [2.45, 2.75) is 70.8 Å². The second-order valence-corrected chi connectivity index (χ2v) is 22.3. The fourth-order valence-electron chi connectivity index (χ4n) is 12.1. The molecular weight excluding hydrogens is 974 g/mol. The summed E-state index contributed by atoms with van der Waals surface area (Å²) < 4.78 is 48.6. The van der Waals surface area contributed by atoms with Crippen LogP contribution in [0.3, 0.4) is 0 Å². The van der Waals surface area contributed by atoms with Crippen LogP contribution in [0.25, 0.3) is 10.9 Å². The molecule has 74 heavy (non-hydrogen) atoms. The van der Waals surface area contributed by atoms with Gasteiger partial charge in [-0.05, 0) is 107 Å². The van der Waals surface area contributed by atoms with E-state index in [0.29, 0.717) is 59.4 Å². The molecule has 8 atom stereocenters. The normalized spacial score (nSPS) is 28.8. The third-order valence-electron chi connectivity index (χ3n) is 16.4. The number of halogens is 1. The zero-order valence-electron chi connectivity index (χ0n) is 42.9. The summed E-state index contributed by atoms with van der Waals surface area (Å²) >= 11 is 0. The van der Waals surface area contributed by atoms with Crippen molar-refractivity contribution in [2.75, 3.05) is 71.2 Å². The van der Waals surface area contributed by atoms with Gasteiger partial charge in [0.25, 0.3) is 10.1 Å². The SMILES string of the molecule is CCS(=O)(=O)O.COC(=O)c1ccc2c(C(=Nc3ccc(N(C)C(=O)CN4CCN(C)CC4)cc3)c3ccccc3)c(O)[nH]c2c1.C[C@@H]1C[C@H]2[C@@H]3CCC4=CC(=O)C=C[C@]4(C)[C@@]3(F)[C@@H](O)C[C@]2(C)[C@@]1(O)C(=O)CO. The van der Waals surface area contributed by atoms with Gasteiger partial charge in [-0.15, -0.1) is 0 Å². The Morgan fingerprint density at radius 2 is 1.64 bits per heavy atom. The molecule has 1 amide bonds. The number of esters is 1. The lowest BCUT2D eigenvalue weighted by atomic mass is 9.44. The Morgan fingerprint density at radius 3 is 2.24 bits per heavy atom. The number of ether oxygens (including phenoxy) is 1. The van der Waals surface area contributed by atoms with Crippen molar-refractivity contribution in [3.05, 3.63) is 113 Å². The summed E-state index contributed by atoms with van der Waals surface area (Å²) in [7, 11) is 1.56. The summed E-state index contributed by atoms with van der Waals surface area (Å²) in [5, 5.41) is 43.6. The molecule has 5 aliphatic rings. The van der Waals surface area contributed by atoms with Crippen LogP contribution in [0, 0.1) is 28.6 Å². The Bertz CT molecular complexity index is 2970. The lowest BCUT2D eigenvalue weighted by Crippen LogP contribution is -2.69. The first-order chi connectivity index (χ1) is 34.9. The van der Waals surface area contributed by atoms with Gasteiger partial charge in [0.15, 0.2) is 23.1 Å². The van der Waals surface area contributed by atoms with Crippen LogP contribution in [-0.4, -0.2) is 161 Å². The lowest BCUT2D eigenvalue weighted by molar-refractivity contribution is -0.219. The van der Waals surface area contributed by atoms with Crippen LogP contribution in [0.2, 0.25) is 0 Å². The highest BCUT2D eigenvalue weighted by atomic mass is 32.2. The molecule has 3 saturated carbocycles. The number of aromatic amines is 1. The van der Waals surface area contributed by atoms with Crippen molar-refractivity contribution in [3.63, 3.8) is 0 Å². The monoisotopic (exact) mass is 1040 g/mol. The standard InChI is InChI=1S/C31H33N5O4.C22H29FO5.C2H6O3S/c1-34-15-17-36(18-16-34)20-27(37)35(2)24-12-10-23(11-13-24)32-29(21-7-5-4-6-8-21)28-25-14-9-22(31(39)40-3)19-26(25)33-30(28)38;1-12-8-16-15-5-4-13-9-14(25)6-7-19(13,2)21(15,23)17(26)10-20(16,3)22(12,28)18(27)11-24;1-2-6(3,4)5/h4-14,19,33,38H,15-18,20H2,1-3H3;6-7,9,12,15-17,24,26,28H,4-5,8,10-11H2,1-3H3;2H2,1H3,(H,3,4,5)/t;12-,15+,16+,17+,19+,20+,21+,22+;/m.1./s1. The number of benzene rings is 3. The molecule has 9 rings (SSSR count). The molecule has 0 bridgehead atoms. The molecule has 2 heterocycles. The van der Waals surface area contributed by atoms with E-state index in [9.17, 15) is 48.0 Å². The fraction of sp³-hybridized carbons (Fsp3) is 0.473. The van der Waals surface area contributed by atoms with Crippen LogP contribution in [0.5, 0.6) is 5.88 Å². The van der Waals surface area contributed by atoms with Crippen LogP contribution in [0.4, 0.5) is 15.8 Å². The molecule has 1 saturated heterocycles. The van der Waals surface area contributed by atoms with Gasteiger partial charge in [0, 0.05) is 72.1 Å². The molecule has 398 valence electrons. The number of hydrogen-bond donors (Lipinski definition) is 6. The maximum absolute atomic E-state index is 16.9. The number of Topliss-reactive ketones (excluding diaryl/α,β-unsaturated/α-hetero) is 1. The van der Waals surface area contributed by atoms with E-state index in [1.807, 2.05) is 54.6 Å². The number of nitrogens with zero attached hydrogens (tertiary/aromatic N) is 4. The number of hydrogen-bond acceptors (Lipinski definition) is 14. The molecule has 19 heteroatoms. The Morgan fingerprint density at radius 1 is 0.986 bits per heavy atom. The van der Waals surface area contributed by atoms with E-state index in [1.165, 1.54) is 26.2 Å². The van der Waals surface area contributed by atoms with Gasteiger partial charge < -0.3 is 39.9 Å². The number of piperazine rings is 1. The summed E-state index contributed by atoms with van der Waals surface area (Å²) in [4.78, 5) is 63.4. The summed E-state index contributed by atoms with van der Waals surface area (Å²) in [6, 6.07) is 22.2. The van der Waals surface area contributed by atoms with Crippen molar-refractivity contribution >= 4 is 61.6 Å². The second-order valence-electron chi connectivity index (χ2n) is 20.6. The van der Waals surface area contributed by atoms with Gasteiger partial charge in [-0.3, -0.25) is 23.8 Å². The van der Waals surface area contributed by atoms with E-state index in [2.05, 4.69) is 21.8 Å². The van der Waals surface area contributed by atoms with E-state index in [4.69, 9.17) is 14.3 Å². The molecule has 1 aliphatic heterocycles. The summed E-state index contributed by atoms with van der Waals surface area (Å²) in [5.74, 6) is -2.79. The average Bonchev–Trinajstić information content (AvgIpc) is 3.82. The van der Waals surface area contributed by atoms with E-state index < -0.39 is 68.5 Å². The number of aliphatic hydroxyl groups excluding tert-OH is 2. The Kier molecular flexibility index (Phi) is 16.4. The number of carbonyl (C=O) groups is 4. The Labute approximate surface area is 431 Å². The van der Waals surface area contributed by atoms with Gasteiger partial charge in [0.1, 0.15) is 12.2 Å². The quantitative estimate of drug-likeness (QED) is 0.0622. The van der Waals surface area contributed by atoms with E-state index in [-0.39, 0.29) is 35.7 Å². The number of H-pyrrole nitrogens is 1. The zero-order chi connectivity index (χ0) is 54.1. The molecule has 4 aliphatic carbocycles. The predicted octanol–water partition coefficient (Wildman–Crippen LogP) is 5.83. The van der Waals surface area contributed by atoms with Crippen LogP contribution in [-0.2, 0) is 29.2 Å². The molecule has 17 nitrogen and oxygen atoms in total. The lowest BCUT2D eigenvalue weighted by Gasteiger charge is -2.62. The van der Waals surface area contributed by atoms with Gasteiger partial charge in [-0.2, -0.15) is 8.42 Å². The first-order valence-electron chi connectivity index (χ1n) is 24.8. The molecule has 0 unspecified atom stereocenters. The average molecular weight is 1040 g/mol. The van der Waals surface area contributed by atoms with Crippen molar-refractivity contribution in [1.82, 2.24) is 14.8 Å². The number of aliphatic imine (C=N–C) groups is 1. The second kappa shape index (κ2) is 21.7. The molecule has 4 fully saturated rings. The number of aliphatic hydroxyl groups is 3. The van der Waals surface area contributed by atoms with Crippen molar-refractivity contribution in [1.29, 1.82) is 0 Å². The number of methoxy groups -OCH3 is 1. The first kappa shape index (κ1) is 55.8.